The maximum Gasteiger partial charge on any atom is 0.227 e. The number of nitrogens with one attached hydrogen (secondary N) is 1. The fourth-order valence-corrected chi connectivity index (χ4v) is 3.06. The van der Waals surface area contributed by atoms with Crippen LogP contribution in [-0.2, 0) is 9.59 Å². The largest absolute Gasteiger partial charge is 0.378 e. The molecule has 0 bridgehead atoms. The fraction of sp³-hybridized carbons (Fsp3) is 0.391. The van der Waals surface area contributed by atoms with Crippen molar-refractivity contribution in [1.29, 1.82) is 0 Å². The van der Waals surface area contributed by atoms with Gasteiger partial charge in [0.25, 0.3) is 0 Å². The van der Waals surface area contributed by atoms with Crippen LogP contribution in [0.25, 0.3) is 5.69 Å². The van der Waals surface area contributed by atoms with Crippen LogP contribution in [0.2, 0.25) is 0 Å². The van der Waals surface area contributed by atoms with Crippen molar-refractivity contribution in [2.75, 3.05) is 18.9 Å². The first kappa shape index (κ1) is 22.2. The molecular formula is C23H26N4O4. The van der Waals surface area contributed by atoms with E-state index in [-0.39, 0.29) is 17.5 Å². The van der Waals surface area contributed by atoms with Crippen LogP contribution in [0.15, 0.2) is 30.5 Å². The molecule has 1 fully saturated rings. The molecule has 2 N–H and O–H groups in total. The average molecular weight is 422 g/mol. The van der Waals surface area contributed by atoms with Gasteiger partial charge in [0.15, 0.2) is 6.29 Å². The van der Waals surface area contributed by atoms with Crippen molar-refractivity contribution in [3.63, 3.8) is 0 Å². The SMILES string of the molecule is CC1CC1C(=O)Nc1cn(-c2cccc(C#CC(C)(O)CCN(C)C=O)c2)nc1C=O. The van der Waals surface area contributed by atoms with E-state index < -0.39 is 5.60 Å². The summed E-state index contributed by atoms with van der Waals surface area (Å²) in [6, 6.07) is 7.17. The van der Waals surface area contributed by atoms with Gasteiger partial charge in [-0.05, 0) is 37.5 Å². The van der Waals surface area contributed by atoms with Crippen LogP contribution in [0.5, 0.6) is 0 Å². The molecule has 8 heteroatoms. The Morgan fingerprint density at radius 1 is 1.45 bits per heavy atom. The molecule has 1 aromatic carbocycles. The molecule has 2 aromatic rings. The molecule has 0 saturated heterocycles. The number of carbonyl (C=O) groups is 3. The summed E-state index contributed by atoms with van der Waals surface area (Å²) in [7, 11) is 1.64. The van der Waals surface area contributed by atoms with E-state index in [2.05, 4.69) is 22.3 Å². The highest BCUT2D eigenvalue weighted by Gasteiger charge is 2.39. The van der Waals surface area contributed by atoms with Gasteiger partial charge < -0.3 is 15.3 Å². The molecule has 1 aromatic heterocycles. The highest BCUT2D eigenvalue weighted by atomic mass is 16.3. The lowest BCUT2D eigenvalue weighted by Gasteiger charge is -2.19. The van der Waals surface area contributed by atoms with Gasteiger partial charge in [-0.25, -0.2) is 4.68 Å². The van der Waals surface area contributed by atoms with Gasteiger partial charge in [0, 0.05) is 31.5 Å². The molecule has 1 heterocycles. The van der Waals surface area contributed by atoms with Crippen LogP contribution >= 0.6 is 0 Å². The van der Waals surface area contributed by atoms with E-state index in [1.807, 2.05) is 6.92 Å². The van der Waals surface area contributed by atoms with Crippen molar-refractivity contribution in [3.8, 4) is 17.5 Å². The summed E-state index contributed by atoms with van der Waals surface area (Å²) in [5, 5.41) is 17.5. The van der Waals surface area contributed by atoms with E-state index in [1.54, 1.807) is 44.4 Å². The van der Waals surface area contributed by atoms with Crippen LogP contribution < -0.4 is 5.32 Å². The predicted octanol–water partition coefficient (Wildman–Crippen LogP) is 1.86. The van der Waals surface area contributed by atoms with Crippen LogP contribution in [0, 0.1) is 23.7 Å². The minimum Gasteiger partial charge on any atom is -0.378 e. The zero-order chi connectivity index (χ0) is 22.6. The van der Waals surface area contributed by atoms with Gasteiger partial charge in [-0.15, -0.1) is 0 Å². The zero-order valence-corrected chi connectivity index (χ0v) is 17.8. The Hall–Kier alpha value is -3.44. The lowest BCUT2D eigenvalue weighted by Crippen LogP contribution is -2.29. The standard InChI is InChI=1S/C23H26N4O4/c1-16-11-19(16)22(30)24-20-13-27(25-21(20)14-28)18-6-4-5-17(12-18)7-8-23(2,31)9-10-26(3)15-29/h4-6,12-16,19,31H,9-11H2,1-3H3,(H,24,30). The Morgan fingerprint density at radius 2 is 2.19 bits per heavy atom. The molecule has 1 aliphatic rings. The van der Waals surface area contributed by atoms with Gasteiger partial charge in [-0.2, -0.15) is 5.10 Å². The molecule has 2 amide bonds. The molecule has 3 atom stereocenters. The number of aliphatic hydroxyl groups is 1. The van der Waals surface area contributed by atoms with Crippen molar-refractivity contribution in [1.82, 2.24) is 14.7 Å². The van der Waals surface area contributed by atoms with E-state index in [0.717, 1.165) is 6.42 Å². The molecular weight excluding hydrogens is 396 g/mol. The molecule has 1 aliphatic carbocycles. The molecule has 8 nitrogen and oxygen atoms in total. The third-order valence-corrected chi connectivity index (χ3v) is 5.28. The number of carbonyl (C=O) groups excluding carboxylic acids is 3. The summed E-state index contributed by atoms with van der Waals surface area (Å²) in [4.78, 5) is 35.8. The number of anilines is 1. The van der Waals surface area contributed by atoms with Crippen molar-refractivity contribution in [3.05, 3.63) is 41.7 Å². The van der Waals surface area contributed by atoms with Crippen molar-refractivity contribution >= 4 is 24.3 Å². The first-order valence-corrected chi connectivity index (χ1v) is 10.1. The number of aldehydes is 1. The summed E-state index contributed by atoms with van der Waals surface area (Å²) in [6.45, 7) is 4.00. The maximum atomic E-state index is 12.2. The van der Waals surface area contributed by atoms with Gasteiger partial charge in [0.05, 0.1) is 17.6 Å². The third kappa shape index (κ3) is 5.80. The quantitative estimate of drug-likeness (QED) is 0.499. The Bertz CT molecular complexity index is 1050. The molecule has 3 rings (SSSR count). The normalized spacial score (nSPS) is 18.8. The van der Waals surface area contributed by atoms with E-state index in [1.165, 1.54) is 9.58 Å². The Labute approximate surface area is 181 Å². The van der Waals surface area contributed by atoms with Crippen LogP contribution in [0.1, 0.15) is 42.7 Å². The monoisotopic (exact) mass is 422 g/mol. The molecule has 0 radical (unpaired) electrons. The minimum absolute atomic E-state index is 0.0134. The van der Waals surface area contributed by atoms with Gasteiger partial charge in [-0.3, -0.25) is 14.4 Å². The highest BCUT2D eigenvalue weighted by molar-refractivity contribution is 5.97. The summed E-state index contributed by atoms with van der Waals surface area (Å²) >= 11 is 0. The second kappa shape index (κ2) is 9.14. The van der Waals surface area contributed by atoms with E-state index in [4.69, 9.17) is 0 Å². The Balaban J connectivity index is 1.76. The van der Waals surface area contributed by atoms with E-state index in [9.17, 15) is 19.5 Å². The molecule has 162 valence electrons. The topological polar surface area (TPSA) is 105 Å². The lowest BCUT2D eigenvalue weighted by molar-refractivity contribution is -0.118. The van der Waals surface area contributed by atoms with Crippen molar-refractivity contribution in [2.24, 2.45) is 11.8 Å². The second-order valence-corrected chi connectivity index (χ2v) is 8.21. The van der Waals surface area contributed by atoms with Crippen molar-refractivity contribution < 1.29 is 19.5 Å². The first-order valence-electron chi connectivity index (χ1n) is 10.1. The number of rotatable bonds is 8. The Kier molecular flexibility index (Phi) is 6.56. The van der Waals surface area contributed by atoms with E-state index in [0.29, 0.717) is 48.5 Å². The van der Waals surface area contributed by atoms with Crippen molar-refractivity contribution in [2.45, 2.75) is 32.3 Å². The summed E-state index contributed by atoms with van der Waals surface area (Å²) in [5.74, 6) is 6.03. The first-order chi connectivity index (χ1) is 14.7. The maximum absolute atomic E-state index is 12.2. The molecule has 3 unspecified atom stereocenters. The fourth-order valence-electron chi connectivity index (χ4n) is 3.06. The third-order valence-electron chi connectivity index (χ3n) is 5.28. The van der Waals surface area contributed by atoms with Gasteiger partial charge >= 0.3 is 0 Å². The van der Waals surface area contributed by atoms with Crippen LogP contribution in [-0.4, -0.2) is 57.6 Å². The average Bonchev–Trinajstić information content (AvgIpc) is 3.36. The van der Waals surface area contributed by atoms with Crippen LogP contribution in [0.3, 0.4) is 0 Å². The summed E-state index contributed by atoms with van der Waals surface area (Å²) in [5.41, 5.74) is 0.594. The van der Waals surface area contributed by atoms with Gasteiger partial charge in [-0.1, -0.05) is 24.8 Å². The molecule has 0 spiro atoms. The molecule has 1 saturated carbocycles. The number of amides is 2. The minimum atomic E-state index is -1.25. The Morgan fingerprint density at radius 3 is 2.84 bits per heavy atom. The number of nitrogens with zero attached hydrogens (tertiary/aromatic N) is 3. The molecule has 0 aliphatic heterocycles. The smallest absolute Gasteiger partial charge is 0.227 e. The number of aromatic nitrogens is 2. The predicted molar refractivity (Wildman–Crippen MR) is 116 cm³/mol. The number of benzene rings is 1. The molecule has 31 heavy (non-hydrogen) atoms. The zero-order valence-electron chi connectivity index (χ0n) is 17.8. The highest BCUT2D eigenvalue weighted by Crippen LogP contribution is 2.38. The van der Waals surface area contributed by atoms with E-state index >= 15 is 0 Å². The van der Waals surface area contributed by atoms with Gasteiger partial charge in [0.2, 0.25) is 12.3 Å². The van der Waals surface area contributed by atoms with Crippen LogP contribution in [0.4, 0.5) is 5.69 Å². The summed E-state index contributed by atoms with van der Waals surface area (Å²) < 4.78 is 1.51. The van der Waals surface area contributed by atoms with Gasteiger partial charge in [0.1, 0.15) is 11.3 Å². The number of hydrogen-bond donors (Lipinski definition) is 2. The summed E-state index contributed by atoms with van der Waals surface area (Å²) in [6.07, 6.45) is 4.09. The number of hydrogen-bond acceptors (Lipinski definition) is 5. The lowest BCUT2D eigenvalue weighted by atomic mass is 10.0. The second-order valence-electron chi connectivity index (χ2n) is 8.21.